The van der Waals surface area contributed by atoms with Gasteiger partial charge in [-0.05, 0) is 30.5 Å². The first-order valence-corrected chi connectivity index (χ1v) is 7.02. The van der Waals surface area contributed by atoms with Crippen molar-refractivity contribution >= 4 is 5.97 Å². The third kappa shape index (κ3) is 5.50. The van der Waals surface area contributed by atoms with Gasteiger partial charge in [0, 0.05) is 17.9 Å². The molecular weight excluding hydrogens is 268 g/mol. The lowest BCUT2D eigenvalue weighted by Crippen LogP contribution is -2.13. The van der Waals surface area contributed by atoms with E-state index in [-0.39, 0.29) is 11.8 Å². The van der Waals surface area contributed by atoms with Crippen LogP contribution in [0.15, 0.2) is 30.4 Å². The Bertz CT molecular complexity index is 481. The van der Waals surface area contributed by atoms with Gasteiger partial charge in [0.15, 0.2) is 0 Å². The average molecular weight is 292 g/mol. The smallest absolute Gasteiger partial charge is 0.303 e. The molecule has 0 aromatic heterocycles. The maximum Gasteiger partial charge on any atom is 0.303 e. The molecule has 1 aromatic rings. The van der Waals surface area contributed by atoms with Crippen LogP contribution in [0.2, 0.25) is 0 Å². The quantitative estimate of drug-likeness (QED) is 0.585. The van der Waals surface area contributed by atoms with Crippen molar-refractivity contribution in [1.29, 1.82) is 0 Å². The van der Waals surface area contributed by atoms with Crippen molar-refractivity contribution in [2.45, 2.75) is 38.5 Å². The van der Waals surface area contributed by atoms with Gasteiger partial charge in [-0.2, -0.15) is 0 Å². The number of carbonyl (C=O) groups is 1. The summed E-state index contributed by atoms with van der Waals surface area (Å²) in [5, 5.41) is 8.61. The molecule has 0 heterocycles. The summed E-state index contributed by atoms with van der Waals surface area (Å²) >= 11 is 0. The molecule has 4 heteroatoms. The molecule has 0 saturated heterocycles. The van der Waals surface area contributed by atoms with E-state index in [9.17, 15) is 4.79 Å². The van der Waals surface area contributed by atoms with E-state index in [4.69, 9.17) is 14.6 Å². The Hall–Kier alpha value is -1.97. The Morgan fingerprint density at radius 3 is 2.24 bits per heavy atom. The van der Waals surface area contributed by atoms with Crippen LogP contribution < -0.4 is 9.47 Å². The van der Waals surface area contributed by atoms with Gasteiger partial charge in [-0.25, -0.2) is 0 Å². The number of rotatable bonds is 8. The molecule has 21 heavy (non-hydrogen) atoms. The van der Waals surface area contributed by atoms with Gasteiger partial charge in [0.25, 0.3) is 0 Å². The predicted octanol–water partition coefficient (Wildman–Crippen LogP) is 3.79. The van der Waals surface area contributed by atoms with Crippen molar-refractivity contribution in [2.24, 2.45) is 0 Å². The number of methoxy groups -OCH3 is 2. The summed E-state index contributed by atoms with van der Waals surface area (Å²) in [7, 11) is 3.26. The second-order valence-electron chi connectivity index (χ2n) is 5.51. The molecule has 0 bridgehead atoms. The normalized spacial score (nSPS) is 11.6. The molecular formula is C17H24O4. The zero-order valence-corrected chi connectivity index (χ0v) is 13.2. The Morgan fingerprint density at radius 1 is 1.19 bits per heavy atom. The summed E-state index contributed by atoms with van der Waals surface area (Å²) in [5.41, 5.74) is 0.915. The molecule has 0 saturated carbocycles. The van der Waals surface area contributed by atoms with Gasteiger partial charge in [0.1, 0.15) is 11.5 Å². The van der Waals surface area contributed by atoms with E-state index < -0.39 is 5.97 Å². The van der Waals surface area contributed by atoms with Gasteiger partial charge < -0.3 is 14.6 Å². The molecule has 0 radical (unpaired) electrons. The highest BCUT2D eigenvalue weighted by Gasteiger charge is 2.18. The predicted molar refractivity (Wildman–Crippen MR) is 83.2 cm³/mol. The third-order valence-corrected chi connectivity index (χ3v) is 3.39. The largest absolute Gasteiger partial charge is 0.497 e. The van der Waals surface area contributed by atoms with E-state index in [1.165, 1.54) is 0 Å². The summed E-state index contributed by atoms with van der Waals surface area (Å²) in [6.45, 7) is 4.21. The highest BCUT2D eigenvalue weighted by atomic mass is 16.5. The number of unbranched alkanes of at least 4 members (excludes halogenated alkanes) is 1. The number of ether oxygens (including phenoxy) is 2. The molecule has 1 N–H and O–H groups in total. The van der Waals surface area contributed by atoms with E-state index >= 15 is 0 Å². The highest BCUT2D eigenvalue weighted by Crippen LogP contribution is 2.32. The monoisotopic (exact) mass is 292 g/mol. The number of hydrogen-bond acceptors (Lipinski definition) is 3. The molecule has 116 valence electrons. The second kappa shape index (κ2) is 7.72. The van der Waals surface area contributed by atoms with Crippen molar-refractivity contribution in [3.05, 3.63) is 35.9 Å². The summed E-state index contributed by atoms with van der Waals surface area (Å²) in [6, 6.07) is 5.82. The lowest BCUT2D eigenvalue weighted by molar-refractivity contribution is -0.137. The molecule has 0 aliphatic rings. The summed E-state index contributed by atoms with van der Waals surface area (Å²) < 4.78 is 10.6. The van der Waals surface area contributed by atoms with Gasteiger partial charge in [0.2, 0.25) is 0 Å². The van der Waals surface area contributed by atoms with E-state index in [0.717, 1.165) is 23.5 Å². The number of carboxylic acid groups (broad SMARTS) is 1. The number of aliphatic carboxylic acids is 1. The molecule has 0 atom stereocenters. The molecule has 0 unspecified atom stereocenters. The van der Waals surface area contributed by atoms with E-state index in [1.807, 2.05) is 24.3 Å². The molecule has 0 aliphatic heterocycles. The minimum absolute atomic E-state index is 0.176. The standard InChI is InChI=1S/C17H24O4/c1-17(2,9-7-5-6-8-16(18)19)13-10-14(20-3)12-15(11-13)21-4/h7,9-12H,5-6,8H2,1-4H3,(H,18,19)/b9-7-. The van der Waals surface area contributed by atoms with E-state index in [0.29, 0.717) is 6.42 Å². The molecule has 1 aromatic carbocycles. The summed E-state index contributed by atoms with van der Waals surface area (Å²) in [5.74, 6) is 0.772. The van der Waals surface area contributed by atoms with E-state index in [2.05, 4.69) is 19.9 Å². The Balaban J connectivity index is 2.81. The lowest BCUT2D eigenvalue weighted by atomic mass is 9.84. The first-order chi connectivity index (χ1) is 9.89. The molecule has 4 nitrogen and oxygen atoms in total. The maximum atomic E-state index is 10.5. The number of hydrogen-bond donors (Lipinski definition) is 1. The van der Waals surface area contributed by atoms with Gasteiger partial charge in [0.05, 0.1) is 14.2 Å². The van der Waals surface area contributed by atoms with Crippen molar-refractivity contribution in [2.75, 3.05) is 14.2 Å². The SMILES string of the molecule is COc1cc(OC)cc(C(C)(C)/C=C\CCCC(=O)O)c1. The zero-order chi connectivity index (χ0) is 15.9. The van der Waals surface area contributed by atoms with Crippen LogP contribution in [0.5, 0.6) is 11.5 Å². The average Bonchev–Trinajstić information content (AvgIpc) is 2.45. The van der Waals surface area contributed by atoms with Gasteiger partial charge >= 0.3 is 5.97 Å². The van der Waals surface area contributed by atoms with Crippen molar-refractivity contribution in [1.82, 2.24) is 0 Å². The molecule has 0 aliphatic carbocycles. The minimum atomic E-state index is -0.750. The van der Waals surface area contributed by atoms with Crippen molar-refractivity contribution in [3.63, 3.8) is 0 Å². The third-order valence-electron chi connectivity index (χ3n) is 3.39. The van der Waals surface area contributed by atoms with Crippen LogP contribution in [0.25, 0.3) is 0 Å². The lowest BCUT2D eigenvalue weighted by Gasteiger charge is -2.22. The van der Waals surface area contributed by atoms with Gasteiger partial charge in [-0.1, -0.05) is 26.0 Å². The van der Waals surface area contributed by atoms with Crippen LogP contribution in [-0.2, 0) is 10.2 Å². The van der Waals surface area contributed by atoms with Gasteiger partial charge in [-0.3, -0.25) is 4.79 Å². The molecule has 1 rings (SSSR count). The van der Waals surface area contributed by atoms with Crippen molar-refractivity contribution < 1.29 is 19.4 Å². The van der Waals surface area contributed by atoms with Crippen LogP contribution in [0.3, 0.4) is 0 Å². The Kier molecular flexibility index (Phi) is 6.28. The molecule has 0 amide bonds. The topological polar surface area (TPSA) is 55.8 Å². The first kappa shape index (κ1) is 17.1. The number of benzene rings is 1. The zero-order valence-electron chi connectivity index (χ0n) is 13.2. The van der Waals surface area contributed by atoms with E-state index in [1.54, 1.807) is 14.2 Å². The fourth-order valence-electron chi connectivity index (χ4n) is 2.02. The van der Waals surface area contributed by atoms with Crippen LogP contribution in [-0.4, -0.2) is 25.3 Å². The van der Waals surface area contributed by atoms with Crippen LogP contribution in [0.1, 0.15) is 38.7 Å². The van der Waals surface area contributed by atoms with Crippen molar-refractivity contribution in [3.8, 4) is 11.5 Å². The maximum absolute atomic E-state index is 10.5. The van der Waals surface area contributed by atoms with Crippen LogP contribution >= 0.6 is 0 Å². The molecule has 0 spiro atoms. The second-order valence-corrected chi connectivity index (χ2v) is 5.51. The van der Waals surface area contributed by atoms with Crippen LogP contribution in [0.4, 0.5) is 0 Å². The summed E-state index contributed by atoms with van der Waals surface area (Å²) in [4.78, 5) is 10.5. The first-order valence-electron chi connectivity index (χ1n) is 7.02. The fourth-order valence-corrected chi connectivity index (χ4v) is 2.02. The Morgan fingerprint density at radius 2 is 1.76 bits per heavy atom. The van der Waals surface area contributed by atoms with Gasteiger partial charge in [-0.15, -0.1) is 0 Å². The molecule has 0 fully saturated rings. The number of allylic oxidation sites excluding steroid dienone is 2. The number of carboxylic acids is 1. The summed E-state index contributed by atoms with van der Waals surface area (Å²) in [6.07, 6.45) is 5.76. The minimum Gasteiger partial charge on any atom is -0.497 e. The van der Waals surface area contributed by atoms with Crippen LogP contribution in [0, 0.1) is 0 Å². The Labute approximate surface area is 126 Å². The highest BCUT2D eigenvalue weighted by molar-refractivity contribution is 5.66. The fraction of sp³-hybridized carbons (Fsp3) is 0.471.